The van der Waals surface area contributed by atoms with Gasteiger partial charge in [0.1, 0.15) is 0 Å². The Bertz CT molecular complexity index is 249. The molecule has 4 heteroatoms. The lowest BCUT2D eigenvalue weighted by molar-refractivity contribution is 0.0581. The molecule has 0 heterocycles. The predicted molar refractivity (Wildman–Crippen MR) is 54.4 cm³/mol. The van der Waals surface area contributed by atoms with Crippen molar-refractivity contribution < 1.29 is 13.5 Å². The predicted octanol–water partition coefficient (Wildman–Crippen LogP) is 1.22. The van der Waals surface area contributed by atoms with Crippen LogP contribution in [0.2, 0.25) is 0 Å². The fourth-order valence-electron chi connectivity index (χ4n) is 1.32. The minimum absolute atomic E-state index is 0.385. The van der Waals surface area contributed by atoms with Crippen LogP contribution in [0.15, 0.2) is 0 Å². The highest BCUT2D eigenvalue weighted by Crippen LogP contribution is 2.26. The second-order valence-corrected chi connectivity index (χ2v) is 6.85. The van der Waals surface area contributed by atoms with E-state index in [0.717, 1.165) is 0 Å². The minimum atomic E-state index is -3.15. The lowest BCUT2D eigenvalue weighted by atomic mass is 9.86. The third kappa shape index (κ3) is 3.65. The SMILES string of the molecule is CC[C@H]([C@H](O)C(C)(C)C)S(C)(=O)=O. The van der Waals surface area contributed by atoms with Crippen LogP contribution in [0.25, 0.3) is 0 Å². The number of hydrogen-bond donors (Lipinski definition) is 1. The molecule has 0 fully saturated rings. The van der Waals surface area contributed by atoms with Gasteiger partial charge >= 0.3 is 0 Å². The fourth-order valence-corrected chi connectivity index (χ4v) is 2.80. The molecule has 0 unspecified atom stereocenters. The number of sulfone groups is 1. The zero-order valence-corrected chi connectivity index (χ0v) is 9.85. The lowest BCUT2D eigenvalue weighted by Gasteiger charge is -2.31. The Kier molecular flexibility index (Phi) is 3.94. The average molecular weight is 208 g/mol. The average Bonchev–Trinajstić information content (AvgIpc) is 1.83. The summed E-state index contributed by atoms with van der Waals surface area (Å²) in [5.41, 5.74) is -0.385. The molecule has 0 aliphatic rings. The Balaban J connectivity index is 4.82. The second kappa shape index (κ2) is 3.96. The molecular weight excluding hydrogens is 188 g/mol. The van der Waals surface area contributed by atoms with E-state index in [1.165, 1.54) is 6.26 Å². The summed E-state index contributed by atoms with van der Waals surface area (Å²) < 4.78 is 22.6. The van der Waals surface area contributed by atoms with Crippen LogP contribution in [0.4, 0.5) is 0 Å². The smallest absolute Gasteiger partial charge is 0.152 e. The molecule has 1 N–H and O–H groups in total. The van der Waals surface area contributed by atoms with Gasteiger partial charge in [0.25, 0.3) is 0 Å². The van der Waals surface area contributed by atoms with Crippen LogP contribution < -0.4 is 0 Å². The molecule has 0 aromatic heterocycles. The summed E-state index contributed by atoms with van der Waals surface area (Å²) in [5.74, 6) is 0. The third-order valence-corrected chi connectivity index (χ3v) is 3.88. The maximum absolute atomic E-state index is 11.3. The Morgan fingerprint density at radius 3 is 1.77 bits per heavy atom. The number of aliphatic hydroxyl groups excluding tert-OH is 1. The lowest BCUT2D eigenvalue weighted by Crippen LogP contribution is -2.41. The van der Waals surface area contributed by atoms with Crippen LogP contribution in [-0.2, 0) is 9.84 Å². The molecule has 0 aromatic rings. The van der Waals surface area contributed by atoms with E-state index in [2.05, 4.69) is 0 Å². The van der Waals surface area contributed by atoms with Crippen molar-refractivity contribution in [1.29, 1.82) is 0 Å². The van der Waals surface area contributed by atoms with Crippen molar-refractivity contribution in [2.75, 3.05) is 6.26 Å². The number of hydrogen-bond acceptors (Lipinski definition) is 3. The molecular formula is C9H20O3S. The first-order valence-corrected chi connectivity index (χ1v) is 6.43. The fraction of sp³-hybridized carbons (Fsp3) is 1.00. The molecule has 0 spiro atoms. The van der Waals surface area contributed by atoms with Gasteiger partial charge in [-0.25, -0.2) is 8.42 Å². The summed E-state index contributed by atoms with van der Waals surface area (Å²) >= 11 is 0. The van der Waals surface area contributed by atoms with Crippen molar-refractivity contribution in [3.8, 4) is 0 Å². The summed E-state index contributed by atoms with van der Waals surface area (Å²) in [6, 6.07) is 0. The van der Waals surface area contributed by atoms with Crippen molar-refractivity contribution in [2.45, 2.75) is 45.5 Å². The summed E-state index contributed by atoms with van der Waals surface area (Å²) in [4.78, 5) is 0. The Hall–Kier alpha value is -0.0900. The van der Waals surface area contributed by atoms with Crippen LogP contribution in [0, 0.1) is 5.41 Å². The van der Waals surface area contributed by atoms with Crippen molar-refractivity contribution in [3.63, 3.8) is 0 Å². The van der Waals surface area contributed by atoms with Crippen LogP contribution in [0.1, 0.15) is 34.1 Å². The van der Waals surface area contributed by atoms with Gasteiger partial charge in [-0.15, -0.1) is 0 Å². The molecule has 0 saturated carbocycles. The largest absolute Gasteiger partial charge is 0.391 e. The standard InChI is InChI=1S/C9H20O3S/c1-6-7(13(5,11)12)8(10)9(2,3)4/h7-8,10H,6H2,1-5H3/t7-,8+/m1/s1. The third-order valence-electron chi connectivity index (χ3n) is 2.19. The van der Waals surface area contributed by atoms with Crippen molar-refractivity contribution >= 4 is 9.84 Å². The van der Waals surface area contributed by atoms with E-state index in [1.54, 1.807) is 6.92 Å². The molecule has 0 saturated heterocycles. The van der Waals surface area contributed by atoms with E-state index in [9.17, 15) is 13.5 Å². The maximum atomic E-state index is 11.3. The first-order valence-electron chi connectivity index (χ1n) is 4.47. The molecule has 0 aliphatic carbocycles. The normalized spacial score (nSPS) is 18.3. The summed E-state index contributed by atoms with van der Waals surface area (Å²) in [7, 11) is -3.15. The summed E-state index contributed by atoms with van der Waals surface area (Å²) in [6.07, 6.45) is 0.834. The molecule has 0 rings (SSSR count). The molecule has 0 amide bonds. The highest BCUT2D eigenvalue weighted by molar-refractivity contribution is 7.91. The summed E-state index contributed by atoms with van der Waals surface area (Å²) in [6.45, 7) is 7.29. The van der Waals surface area contributed by atoms with Gasteiger partial charge in [-0.2, -0.15) is 0 Å². The summed E-state index contributed by atoms with van der Waals surface area (Å²) in [5, 5.41) is 9.16. The van der Waals surface area contributed by atoms with Gasteiger partial charge in [-0.05, 0) is 11.8 Å². The van der Waals surface area contributed by atoms with Gasteiger partial charge in [-0.3, -0.25) is 0 Å². The van der Waals surface area contributed by atoms with E-state index in [1.807, 2.05) is 20.8 Å². The second-order valence-electron chi connectivity index (χ2n) is 4.59. The quantitative estimate of drug-likeness (QED) is 0.758. The monoisotopic (exact) mass is 208 g/mol. The minimum Gasteiger partial charge on any atom is -0.391 e. The Labute approximate surface area is 81.1 Å². The highest BCUT2D eigenvalue weighted by atomic mass is 32.2. The van der Waals surface area contributed by atoms with Gasteiger partial charge in [0, 0.05) is 6.26 Å². The molecule has 0 radical (unpaired) electrons. The van der Waals surface area contributed by atoms with Crippen LogP contribution in [0.5, 0.6) is 0 Å². The zero-order chi connectivity index (χ0) is 10.9. The molecule has 80 valence electrons. The van der Waals surface area contributed by atoms with Crippen molar-refractivity contribution in [2.24, 2.45) is 5.41 Å². The molecule has 13 heavy (non-hydrogen) atoms. The first-order chi connectivity index (χ1) is 5.60. The van der Waals surface area contributed by atoms with Gasteiger partial charge in [0.2, 0.25) is 0 Å². The van der Waals surface area contributed by atoms with Crippen molar-refractivity contribution in [3.05, 3.63) is 0 Å². The topological polar surface area (TPSA) is 54.4 Å². The van der Waals surface area contributed by atoms with Crippen LogP contribution in [-0.4, -0.2) is 31.1 Å². The van der Waals surface area contributed by atoms with E-state index in [0.29, 0.717) is 6.42 Å². The Morgan fingerprint density at radius 1 is 1.31 bits per heavy atom. The van der Waals surface area contributed by atoms with Gasteiger partial charge < -0.3 is 5.11 Å². The van der Waals surface area contributed by atoms with E-state index >= 15 is 0 Å². The maximum Gasteiger partial charge on any atom is 0.152 e. The molecule has 0 aromatic carbocycles. The highest BCUT2D eigenvalue weighted by Gasteiger charge is 2.35. The van der Waals surface area contributed by atoms with Gasteiger partial charge in [-0.1, -0.05) is 27.7 Å². The molecule has 0 bridgehead atoms. The van der Waals surface area contributed by atoms with E-state index in [4.69, 9.17) is 0 Å². The molecule has 0 aliphatic heterocycles. The van der Waals surface area contributed by atoms with E-state index < -0.39 is 21.2 Å². The first kappa shape index (κ1) is 12.9. The molecule has 2 atom stereocenters. The number of aliphatic hydroxyl groups is 1. The van der Waals surface area contributed by atoms with E-state index in [-0.39, 0.29) is 5.41 Å². The Morgan fingerprint density at radius 2 is 1.69 bits per heavy atom. The van der Waals surface area contributed by atoms with Crippen LogP contribution in [0.3, 0.4) is 0 Å². The zero-order valence-electron chi connectivity index (χ0n) is 9.03. The van der Waals surface area contributed by atoms with Crippen LogP contribution >= 0.6 is 0 Å². The van der Waals surface area contributed by atoms with Crippen molar-refractivity contribution in [1.82, 2.24) is 0 Å². The van der Waals surface area contributed by atoms with Gasteiger partial charge in [0.15, 0.2) is 9.84 Å². The molecule has 3 nitrogen and oxygen atoms in total. The van der Waals surface area contributed by atoms with Gasteiger partial charge in [0.05, 0.1) is 11.4 Å². The number of rotatable bonds is 3.